The van der Waals surface area contributed by atoms with E-state index >= 15 is 0 Å². The number of pyridine rings is 1. The maximum Gasteiger partial charge on any atom is 0.262 e. The van der Waals surface area contributed by atoms with E-state index in [2.05, 4.69) is 5.10 Å². The van der Waals surface area contributed by atoms with Crippen molar-refractivity contribution in [3.63, 3.8) is 0 Å². The Morgan fingerprint density at radius 2 is 2.11 bits per heavy atom. The predicted octanol–water partition coefficient (Wildman–Crippen LogP) is -0.177. The molecule has 2 rings (SSSR count). The van der Waals surface area contributed by atoms with Gasteiger partial charge in [-0.2, -0.15) is 5.10 Å². The Bertz CT molecular complexity index is 766. The zero-order chi connectivity index (χ0) is 14.4. The first-order chi connectivity index (χ1) is 8.76. The van der Waals surface area contributed by atoms with Gasteiger partial charge in [0.1, 0.15) is 16.9 Å². The molecule has 0 aliphatic rings. The van der Waals surface area contributed by atoms with Crippen molar-refractivity contribution >= 4 is 21.4 Å². The molecule has 2 N–H and O–H groups in total. The van der Waals surface area contributed by atoms with Crippen LogP contribution in [0.1, 0.15) is 10.4 Å². The van der Waals surface area contributed by atoms with Crippen LogP contribution in [0.2, 0.25) is 0 Å². The Morgan fingerprint density at radius 1 is 1.47 bits per heavy atom. The summed E-state index contributed by atoms with van der Waals surface area (Å²) in [7, 11) is -1.44. The highest BCUT2D eigenvalue weighted by Gasteiger charge is 2.31. The van der Waals surface area contributed by atoms with Crippen LogP contribution in [0.3, 0.4) is 0 Å². The minimum atomic E-state index is -4.00. The summed E-state index contributed by atoms with van der Waals surface area (Å²) in [5, 5.41) is 3.17. The molecule has 2 aromatic rings. The Labute approximate surface area is 108 Å². The van der Waals surface area contributed by atoms with Gasteiger partial charge in [0, 0.05) is 20.3 Å². The van der Waals surface area contributed by atoms with E-state index in [1.54, 1.807) is 0 Å². The minimum absolute atomic E-state index is 0.254. The van der Waals surface area contributed by atoms with Crippen LogP contribution in [-0.4, -0.2) is 42.3 Å². The number of rotatable bonds is 3. The van der Waals surface area contributed by atoms with Crippen LogP contribution in [0.15, 0.2) is 23.4 Å². The second-order valence-electron chi connectivity index (χ2n) is 3.98. The van der Waals surface area contributed by atoms with E-state index in [-0.39, 0.29) is 5.52 Å². The molecule has 0 saturated heterocycles. The highest BCUT2D eigenvalue weighted by Crippen LogP contribution is 2.23. The van der Waals surface area contributed by atoms with Crippen molar-refractivity contribution in [1.82, 2.24) is 13.9 Å². The lowest BCUT2D eigenvalue weighted by Gasteiger charge is -2.09. The first-order valence-electron chi connectivity index (χ1n) is 5.16. The van der Waals surface area contributed by atoms with Crippen LogP contribution in [0, 0.1) is 5.82 Å². The van der Waals surface area contributed by atoms with Crippen LogP contribution < -0.4 is 5.73 Å². The molecular formula is C10H11FN4O3S. The Morgan fingerprint density at radius 3 is 2.63 bits per heavy atom. The number of hydrogen-bond donors (Lipinski definition) is 1. The van der Waals surface area contributed by atoms with Gasteiger partial charge in [-0.05, 0) is 12.1 Å². The van der Waals surface area contributed by atoms with Gasteiger partial charge in [-0.15, -0.1) is 0 Å². The van der Waals surface area contributed by atoms with Gasteiger partial charge in [-0.25, -0.2) is 21.6 Å². The van der Waals surface area contributed by atoms with Crippen LogP contribution in [0.25, 0.3) is 5.52 Å². The standard InChI is InChI=1S/C10H11FN4O3S/c1-14(2)19(17,18)10-7(9(12)16)8-6(11)4-3-5-15(8)13-10/h3-5H,1-2H3,(H2,12,16). The number of halogens is 1. The molecule has 0 radical (unpaired) electrons. The number of nitrogens with two attached hydrogens (primary N) is 1. The van der Waals surface area contributed by atoms with Gasteiger partial charge in [0.25, 0.3) is 15.9 Å². The van der Waals surface area contributed by atoms with E-state index in [0.717, 1.165) is 14.9 Å². The van der Waals surface area contributed by atoms with Gasteiger partial charge in [0.15, 0.2) is 0 Å². The molecule has 7 nitrogen and oxygen atoms in total. The van der Waals surface area contributed by atoms with Crippen LogP contribution in [0.5, 0.6) is 0 Å². The van der Waals surface area contributed by atoms with Crippen molar-refractivity contribution in [3.05, 3.63) is 29.7 Å². The monoisotopic (exact) mass is 286 g/mol. The molecule has 0 unspecified atom stereocenters. The molecular weight excluding hydrogens is 275 g/mol. The lowest BCUT2D eigenvalue weighted by atomic mass is 10.2. The van der Waals surface area contributed by atoms with Gasteiger partial charge in [-0.1, -0.05) is 0 Å². The number of nitrogens with zero attached hydrogens (tertiary/aromatic N) is 3. The van der Waals surface area contributed by atoms with Crippen molar-refractivity contribution in [2.45, 2.75) is 5.03 Å². The molecule has 0 saturated carbocycles. The molecule has 2 aromatic heterocycles. The molecule has 102 valence electrons. The summed E-state index contributed by atoms with van der Waals surface area (Å²) in [4.78, 5) is 11.4. The summed E-state index contributed by atoms with van der Waals surface area (Å²) < 4.78 is 39.7. The number of hydrogen-bond acceptors (Lipinski definition) is 4. The molecule has 2 heterocycles. The second-order valence-corrected chi connectivity index (χ2v) is 6.05. The molecule has 9 heteroatoms. The van der Waals surface area contributed by atoms with E-state index < -0.39 is 32.3 Å². The molecule has 0 aliphatic heterocycles. The van der Waals surface area contributed by atoms with Crippen molar-refractivity contribution in [2.75, 3.05) is 14.1 Å². The number of primary amides is 1. The lowest BCUT2D eigenvalue weighted by molar-refractivity contribution is 0.0998. The number of sulfonamides is 1. The summed E-state index contributed by atoms with van der Waals surface area (Å²) in [5.74, 6) is -1.83. The molecule has 19 heavy (non-hydrogen) atoms. The van der Waals surface area contributed by atoms with Gasteiger partial charge in [-0.3, -0.25) is 4.79 Å². The van der Waals surface area contributed by atoms with Crippen LogP contribution in [-0.2, 0) is 10.0 Å². The predicted molar refractivity (Wildman–Crippen MR) is 64.5 cm³/mol. The van der Waals surface area contributed by atoms with E-state index in [4.69, 9.17) is 5.73 Å². The SMILES string of the molecule is CN(C)S(=O)(=O)c1nn2cccc(F)c2c1C(N)=O. The van der Waals surface area contributed by atoms with E-state index in [0.29, 0.717) is 0 Å². The van der Waals surface area contributed by atoms with Crippen molar-refractivity contribution in [2.24, 2.45) is 5.73 Å². The first kappa shape index (κ1) is 13.4. The molecule has 0 spiro atoms. The average molecular weight is 286 g/mol. The molecule has 0 aromatic carbocycles. The zero-order valence-corrected chi connectivity index (χ0v) is 11.0. The maximum atomic E-state index is 13.7. The Kier molecular flexibility index (Phi) is 3.03. The van der Waals surface area contributed by atoms with E-state index in [1.165, 1.54) is 26.4 Å². The Hall–Kier alpha value is -2.00. The fourth-order valence-electron chi connectivity index (χ4n) is 1.61. The Balaban J connectivity index is 2.95. The number of fused-ring (bicyclic) bond motifs is 1. The normalized spacial score (nSPS) is 12.2. The van der Waals surface area contributed by atoms with Gasteiger partial charge in [0.2, 0.25) is 5.03 Å². The fraction of sp³-hybridized carbons (Fsp3) is 0.200. The van der Waals surface area contributed by atoms with Gasteiger partial charge < -0.3 is 5.73 Å². The van der Waals surface area contributed by atoms with Gasteiger partial charge >= 0.3 is 0 Å². The molecule has 0 atom stereocenters. The van der Waals surface area contributed by atoms with Crippen molar-refractivity contribution < 1.29 is 17.6 Å². The van der Waals surface area contributed by atoms with Crippen molar-refractivity contribution in [3.8, 4) is 0 Å². The summed E-state index contributed by atoms with van der Waals surface area (Å²) in [6, 6.07) is 2.43. The summed E-state index contributed by atoms with van der Waals surface area (Å²) in [6.45, 7) is 0. The summed E-state index contributed by atoms with van der Waals surface area (Å²) in [6.07, 6.45) is 1.33. The molecule has 0 aliphatic carbocycles. The molecule has 0 bridgehead atoms. The highest BCUT2D eigenvalue weighted by atomic mass is 32.2. The summed E-state index contributed by atoms with van der Waals surface area (Å²) >= 11 is 0. The highest BCUT2D eigenvalue weighted by molar-refractivity contribution is 7.89. The molecule has 1 amide bonds. The van der Waals surface area contributed by atoms with Crippen LogP contribution in [0.4, 0.5) is 4.39 Å². The maximum absolute atomic E-state index is 13.7. The lowest BCUT2D eigenvalue weighted by Crippen LogP contribution is -2.25. The number of amides is 1. The second kappa shape index (κ2) is 4.28. The third-order valence-corrected chi connectivity index (χ3v) is 4.28. The average Bonchev–Trinajstić information content (AvgIpc) is 2.70. The van der Waals surface area contributed by atoms with E-state index in [9.17, 15) is 17.6 Å². The van der Waals surface area contributed by atoms with Gasteiger partial charge in [0.05, 0.1) is 0 Å². The van der Waals surface area contributed by atoms with Crippen molar-refractivity contribution in [1.29, 1.82) is 0 Å². The number of carbonyl (C=O) groups is 1. The fourth-order valence-corrected chi connectivity index (χ4v) is 2.61. The topological polar surface area (TPSA) is 97.8 Å². The minimum Gasteiger partial charge on any atom is -0.365 e. The largest absolute Gasteiger partial charge is 0.365 e. The zero-order valence-electron chi connectivity index (χ0n) is 10.2. The number of carbonyl (C=O) groups excluding carboxylic acids is 1. The smallest absolute Gasteiger partial charge is 0.262 e. The van der Waals surface area contributed by atoms with E-state index in [1.807, 2.05) is 0 Å². The number of aromatic nitrogens is 2. The summed E-state index contributed by atoms with van der Waals surface area (Å²) in [5.41, 5.74) is 4.44. The van der Waals surface area contributed by atoms with Crippen LogP contribution >= 0.6 is 0 Å². The third kappa shape index (κ3) is 1.96. The first-order valence-corrected chi connectivity index (χ1v) is 6.60. The third-order valence-electron chi connectivity index (χ3n) is 2.55. The molecule has 0 fully saturated rings. The quantitative estimate of drug-likeness (QED) is 0.846.